The maximum atomic E-state index is 14.3. The summed E-state index contributed by atoms with van der Waals surface area (Å²) in [7, 11) is -3.77. The van der Waals surface area contributed by atoms with Gasteiger partial charge in [-0.15, -0.1) is 0 Å². The van der Waals surface area contributed by atoms with Gasteiger partial charge in [0, 0.05) is 23.0 Å². The average molecular weight is 547 g/mol. The van der Waals surface area contributed by atoms with E-state index in [9.17, 15) is 8.42 Å². The zero-order valence-corrected chi connectivity index (χ0v) is 24.7. The molecular weight excluding hydrogens is 504 g/mol. The standard InChI is InChI=1S/C33H42N2O3S/c1-26-17-19-30(20-18-26)39(36,37)34-25-33(27-13-8-6-9-14-27,28-15-10-7-11-16-28)23-29(34)24-38-35-31(2,3)21-12-22-32(35,4)5/h6-11,13-20,29H,12,21-25H2,1-5H3/t29-/m0/s1. The van der Waals surface area contributed by atoms with Crippen LogP contribution in [0.4, 0.5) is 0 Å². The largest absolute Gasteiger partial charge is 0.296 e. The summed E-state index contributed by atoms with van der Waals surface area (Å²) in [5.74, 6) is 0. The molecule has 2 heterocycles. The molecule has 0 aliphatic carbocycles. The van der Waals surface area contributed by atoms with Gasteiger partial charge in [0.2, 0.25) is 10.0 Å². The van der Waals surface area contributed by atoms with Crippen molar-refractivity contribution < 1.29 is 13.3 Å². The van der Waals surface area contributed by atoms with E-state index in [1.54, 1.807) is 16.4 Å². The number of hydrogen-bond acceptors (Lipinski definition) is 4. The number of piperidine rings is 1. The maximum absolute atomic E-state index is 14.3. The summed E-state index contributed by atoms with van der Waals surface area (Å²) in [4.78, 5) is 7.00. The third kappa shape index (κ3) is 5.32. The summed E-state index contributed by atoms with van der Waals surface area (Å²) in [5, 5.41) is 2.14. The SMILES string of the molecule is Cc1ccc(S(=O)(=O)N2CC(c3ccccc3)(c3ccccc3)C[C@H]2CON2C(C)(C)CCCC2(C)C)cc1. The highest BCUT2D eigenvalue weighted by atomic mass is 32.2. The lowest BCUT2D eigenvalue weighted by Gasteiger charge is -2.51. The number of aryl methyl sites for hydroxylation is 1. The molecule has 5 nitrogen and oxygen atoms in total. The second kappa shape index (κ2) is 10.5. The van der Waals surface area contributed by atoms with Gasteiger partial charge in [-0.05, 0) is 83.6 Å². The van der Waals surface area contributed by atoms with Gasteiger partial charge in [0.15, 0.2) is 0 Å². The van der Waals surface area contributed by atoms with E-state index in [2.05, 4.69) is 57.0 Å². The molecule has 2 fully saturated rings. The molecule has 1 atom stereocenters. The molecule has 3 aromatic rings. The molecule has 39 heavy (non-hydrogen) atoms. The van der Waals surface area contributed by atoms with E-state index in [0.717, 1.165) is 36.0 Å². The van der Waals surface area contributed by atoms with Crippen molar-refractivity contribution in [2.75, 3.05) is 13.2 Å². The summed E-state index contributed by atoms with van der Waals surface area (Å²) < 4.78 is 30.2. The van der Waals surface area contributed by atoms with Crippen LogP contribution in [-0.4, -0.2) is 48.1 Å². The minimum absolute atomic E-state index is 0.128. The number of rotatable bonds is 7. The predicted octanol–water partition coefficient (Wildman–Crippen LogP) is 6.72. The van der Waals surface area contributed by atoms with E-state index in [-0.39, 0.29) is 17.1 Å². The summed E-state index contributed by atoms with van der Waals surface area (Å²) in [6.45, 7) is 11.5. The van der Waals surface area contributed by atoms with Crippen molar-refractivity contribution >= 4 is 10.0 Å². The third-order valence-electron chi connectivity index (χ3n) is 8.77. The van der Waals surface area contributed by atoms with Gasteiger partial charge in [0.1, 0.15) is 0 Å². The quantitative estimate of drug-likeness (QED) is 0.330. The topological polar surface area (TPSA) is 49.9 Å². The minimum atomic E-state index is -3.77. The van der Waals surface area contributed by atoms with Crippen molar-refractivity contribution in [3.05, 3.63) is 102 Å². The first-order valence-corrected chi connectivity index (χ1v) is 15.5. The van der Waals surface area contributed by atoms with Gasteiger partial charge in [-0.2, -0.15) is 9.37 Å². The van der Waals surface area contributed by atoms with Crippen LogP contribution in [0.1, 0.15) is 70.1 Å². The monoisotopic (exact) mass is 546 g/mol. The van der Waals surface area contributed by atoms with Gasteiger partial charge in [-0.1, -0.05) is 78.4 Å². The number of hydrogen-bond donors (Lipinski definition) is 0. The zero-order chi connectivity index (χ0) is 27.9. The molecule has 3 aromatic carbocycles. The molecule has 0 bridgehead atoms. The highest BCUT2D eigenvalue weighted by Crippen LogP contribution is 2.46. The highest BCUT2D eigenvalue weighted by Gasteiger charge is 2.52. The second-order valence-electron chi connectivity index (χ2n) is 12.6. The molecule has 2 aliphatic heterocycles. The lowest BCUT2D eigenvalue weighted by Crippen LogP contribution is -2.59. The number of sulfonamides is 1. The molecule has 6 heteroatoms. The molecule has 0 unspecified atom stereocenters. The maximum Gasteiger partial charge on any atom is 0.243 e. The Kier molecular flexibility index (Phi) is 7.53. The van der Waals surface area contributed by atoms with Crippen LogP contribution < -0.4 is 0 Å². The fourth-order valence-corrected chi connectivity index (χ4v) is 8.49. The van der Waals surface area contributed by atoms with Crippen molar-refractivity contribution in [2.45, 2.75) is 87.7 Å². The van der Waals surface area contributed by atoms with E-state index < -0.39 is 15.4 Å². The van der Waals surface area contributed by atoms with E-state index in [1.807, 2.05) is 55.5 Å². The van der Waals surface area contributed by atoms with Gasteiger partial charge >= 0.3 is 0 Å². The van der Waals surface area contributed by atoms with Crippen LogP contribution in [0.3, 0.4) is 0 Å². The lowest BCUT2D eigenvalue weighted by molar-refractivity contribution is -0.284. The molecule has 0 amide bonds. The molecule has 5 rings (SSSR count). The van der Waals surface area contributed by atoms with E-state index in [1.165, 1.54) is 0 Å². The molecular formula is C33H42N2O3S. The first-order valence-electron chi connectivity index (χ1n) is 14.1. The number of nitrogens with zero attached hydrogens (tertiary/aromatic N) is 2. The Bertz CT molecular complexity index is 1310. The summed E-state index contributed by atoms with van der Waals surface area (Å²) in [6.07, 6.45) is 3.89. The van der Waals surface area contributed by atoms with Crippen molar-refractivity contribution in [1.82, 2.24) is 9.37 Å². The second-order valence-corrected chi connectivity index (χ2v) is 14.5. The summed E-state index contributed by atoms with van der Waals surface area (Å²) >= 11 is 0. The predicted molar refractivity (Wildman–Crippen MR) is 157 cm³/mol. The lowest BCUT2D eigenvalue weighted by atomic mass is 9.73. The molecule has 0 N–H and O–H groups in total. The van der Waals surface area contributed by atoms with Gasteiger partial charge in [0.05, 0.1) is 17.5 Å². The van der Waals surface area contributed by atoms with E-state index >= 15 is 0 Å². The Morgan fingerprint density at radius 3 is 1.82 bits per heavy atom. The van der Waals surface area contributed by atoms with Crippen LogP contribution in [0.5, 0.6) is 0 Å². The first kappa shape index (κ1) is 28.0. The molecule has 0 saturated carbocycles. The van der Waals surface area contributed by atoms with Crippen molar-refractivity contribution in [2.24, 2.45) is 0 Å². The zero-order valence-electron chi connectivity index (χ0n) is 23.9. The minimum Gasteiger partial charge on any atom is -0.296 e. The first-order chi connectivity index (χ1) is 18.5. The highest BCUT2D eigenvalue weighted by molar-refractivity contribution is 7.89. The average Bonchev–Trinajstić information content (AvgIpc) is 3.31. The Balaban J connectivity index is 1.57. The van der Waals surface area contributed by atoms with Gasteiger partial charge in [-0.25, -0.2) is 8.42 Å². The summed E-state index contributed by atoms with van der Waals surface area (Å²) in [6, 6.07) is 27.6. The van der Waals surface area contributed by atoms with Crippen LogP contribution in [0.2, 0.25) is 0 Å². The van der Waals surface area contributed by atoms with Gasteiger partial charge in [0.25, 0.3) is 0 Å². The van der Waals surface area contributed by atoms with Crippen LogP contribution in [0.15, 0.2) is 89.8 Å². The fraction of sp³-hybridized carbons (Fsp3) is 0.455. The number of benzene rings is 3. The molecule has 2 saturated heterocycles. The normalized spacial score (nSPS) is 23.1. The molecule has 2 aliphatic rings. The number of hydroxylamine groups is 2. The Morgan fingerprint density at radius 1 is 0.795 bits per heavy atom. The van der Waals surface area contributed by atoms with Crippen LogP contribution >= 0.6 is 0 Å². The van der Waals surface area contributed by atoms with E-state index in [0.29, 0.717) is 24.5 Å². The van der Waals surface area contributed by atoms with Crippen molar-refractivity contribution in [3.63, 3.8) is 0 Å². The summed E-state index contributed by atoms with van der Waals surface area (Å²) in [5.41, 5.74) is 2.55. The molecule has 0 aromatic heterocycles. The van der Waals surface area contributed by atoms with Crippen molar-refractivity contribution in [3.8, 4) is 0 Å². The fourth-order valence-electron chi connectivity index (χ4n) is 6.82. The van der Waals surface area contributed by atoms with Crippen molar-refractivity contribution in [1.29, 1.82) is 0 Å². The smallest absolute Gasteiger partial charge is 0.243 e. The Morgan fingerprint density at radius 2 is 1.31 bits per heavy atom. The van der Waals surface area contributed by atoms with Crippen LogP contribution in [0.25, 0.3) is 0 Å². The third-order valence-corrected chi connectivity index (χ3v) is 10.7. The molecule has 0 radical (unpaired) electrons. The van der Waals surface area contributed by atoms with Gasteiger partial charge < -0.3 is 0 Å². The molecule has 0 spiro atoms. The Hall–Kier alpha value is -2.51. The van der Waals surface area contributed by atoms with Gasteiger partial charge in [-0.3, -0.25) is 4.84 Å². The van der Waals surface area contributed by atoms with Crippen LogP contribution in [-0.2, 0) is 20.3 Å². The van der Waals surface area contributed by atoms with Crippen LogP contribution in [0, 0.1) is 6.92 Å². The molecule has 208 valence electrons. The Labute approximate surface area is 234 Å². The van der Waals surface area contributed by atoms with E-state index in [4.69, 9.17) is 4.84 Å².